The average molecular weight is 552 g/mol. The predicted molar refractivity (Wildman–Crippen MR) is 155 cm³/mol. The maximum Gasteiger partial charge on any atom is 0.138 e. The molecule has 0 saturated heterocycles. The van der Waals surface area contributed by atoms with Gasteiger partial charge in [0.25, 0.3) is 0 Å². The first-order chi connectivity index (χ1) is 19.1. The smallest absolute Gasteiger partial charge is 0.138 e. The summed E-state index contributed by atoms with van der Waals surface area (Å²) >= 11 is 12.1. The average Bonchev–Trinajstić information content (AvgIpc) is 3.63. The Hall–Kier alpha value is -4.39. The standard InChI is InChI=1S/C31H23Cl2N5O/c32-27-16-11-21(17-28(27)33)18-38-19-25(36-37-38)20-39-26-14-12-24(13-15-26)31-34-29(22-7-3-1-4-8-22)30(35-31)23-9-5-2-6-10-23/h1-17,19H,18,20H2,(H,34,35). The number of H-pyrrole nitrogens is 1. The summed E-state index contributed by atoms with van der Waals surface area (Å²) in [4.78, 5) is 8.50. The molecule has 0 aliphatic carbocycles. The third kappa shape index (κ3) is 5.72. The molecule has 0 spiro atoms. The van der Waals surface area contributed by atoms with Crippen LogP contribution >= 0.6 is 23.2 Å². The Balaban J connectivity index is 1.16. The molecule has 0 radical (unpaired) electrons. The van der Waals surface area contributed by atoms with Gasteiger partial charge in [0.1, 0.15) is 23.9 Å². The molecule has 0 fully saturated rings. The summed E-state index contributed by atoms with van der Waals surface area (Å²) in [6.07, 6.45) is 1.86. The topological polar surface area (TPSA) is 68.6 Å². The van der Waals surface area contributed by atoms with Crippen LogP contribution in [0.1, 0.15) is 11.3 Å². The molecule has 2 heterocycles. The van der Waals surface area contributed by atoms with Crippen molar-refractivity contribution in [2.24, 2.45) is 0 Å². The summed E-state index contributed by atoms with van der Waals surface area (Å²) in [6, 6.07) is 33.8. The molecule has 39 heavy (non-hydrogen) atoms. The molecule has 0 unspecified atom stereocenters. The van der Waals surface area contributed by atoms with Crippen molar-refractivity contribution in [3.63, 3.8) is 0 Å². The zero-order valence-corrected chi connectivity index (χ0v) is 22.3. The zero-order valence-electron chi connectivity index (χ0n) is 20.8. The van der Waals surface area contributed by atoms with Crippen molar-refractivity contribution in [1.82, 2.24) is 25.0 Å². The molecule has 6 rings (SSSR count). The molecule has 0 aliphatic heterocycles. The number of ether oxygens (including phenoxy) is 1. The molecule has 192 valence electrons. The number of aromatic nitrogens is 5. The first kappa shape index (κ1) is 24.9. The number of rotatable bonds is 8. The second-order valence-corrected chi connectivity index (χ2v) is 9.82. The van der Waals surface area contributed by atoms with Crippen LogP contribution in [0.5, 0.6) is 5.75 Å². The van der Waals surface area contributed by atoms with Gasteiger partial charge in [0.2, 0.25) is 0 Å². The normalized spacial score (nSPS) is 11.0. The van der Waals surface area contributed by atoms with Crippen molar-refractivity contribution in [2.45, 2.75) is 13.2 Å². The molecule has 0 amide bonds. The fourth-order valence-corrected chi connectivity index (χ4v) is 4.62. The number of nitrogens with one attached hydrogen (secondary N) is 1. The molecule has 1 N–H and O–H groups in total. The largest absolute Gasteiger partial charge is 0.487 e. The number of aromatic amines is 1. The quantitative estimate of drug-likeness (QED) is 0.208. The third-order valence-electron chi connectivity index (χ3n) is 6.24. The van der Waals surface area contributed by atoms with Gasteiger partial charge in [-0.3, -0.25) is 0 Å². The van der Waals surface area contributed by atoms with Crippen molar-refractivity contribution in [3.8, 4) is 39.7 Å². The van der Waals surface area contributed by atoms with Gasteiger partial charge in [0.05, 0.1) is 34.2 Å². The van der Waals surface area contributed by atoms with Crippen molar-refractivity contribution < 1.29 is 4.74 Å². The molecule has 6 aromatic rings. The van der Waals surface area contributed by atoms with E-state index in [4.69, 9.17) is 32.9 Å². The lowest BCUT2D eigenvalue weighted by atomic mass is 10.1. The number of benzene rings is 4. The molecular formula is C31H23Cl2N5O. The van der Waals surface area contributed by atoms with Gasteiger partial charge in [0.15, 0.2) is 0 Å². The maximum atomic E-state index is 6.11. The summed E-state index contributed by atoms with van der Waals surface area (Å²) in [5.41, 5.74) is 6.73. The number of halogens is 2. The van der Waals surface area contributed by atoms with Gasteiger partial charge >= 0.3 is 0 Å². The highest BCUT2D eigenvalue weighted by molar-refractivity contribution is 6.42. The predicted octanol–water partition coefficient (Wildman–Crippen LogP) is 7.94. The Morgan fingerprint density at radius 1 is 0.744 bits per heavy atom. The molecule has 2 aromatic heterocycles. The van der Waals surface area contributed by atoms with Gasteiger partial charge in [-0.2, -0.15) is 0 Å². The minimum Gasteiger partial charge on any atom is -0.487 e. The van der Waals surface area contributed by atoms with E-state index in [1.807, 2.05) is 79.0 Å². The van der Waals surface area contributed by atoms with Crippen LogP contribution in [-0.4, -0.2) is 25.0 Å². The highest BCUT2D eigenvalue weighted by atomic mass is 35.5. The van der Waals surface area contributed by atoms with E-state index in [2.05, 4.69) is 39.6 Å². The summed E-state index contributed by atoms with van der Waals surface area (Å²) in [5.74, 6) is 1.53. The van der Waals surface area contributed by atoms with E-state index in [1.54, 1.807) is 10.7 Å². The van der Waals surface area contributed by atoms with Gasteiger partial charge in [0, 0.05) is 16.7 Å². The van der Waals surface area contributed by atoms with Gasteiger partial charge in [-0.25, -0.2) is 9.67 Å². The number of imidazole rings is 1. The lowest BCUT2D eigenvalue weighted by Crippen LogP contribution is -2.00. The highest BCUT2D eigenvalue weighted by Gasteiger charge is 2.15. The number of nitrogens with zero attached hydrogens (tertiary/aromatic N) is 4. The number of hydrogen-bond acceptors (Lipinski definition) is 4. The van der Waals surface area contributed by atoms with E-state index in [1.165, 1.54) is 0 Å². The lowest BCUT2D eigenvalue weighted by Gasteiger charge is -2.05. The fraction of sp³-hybridized carbons (Fsp3) is 0.0645. The van der Waals surface area contributed by atoms with Crippen LogP contribution in [0.4, 0.5) is 0 Å². The number of hydrogen-bond donors (Lipinski definition) is 1. The van der Waals surface area contributed by atoms with E-state index in [-0.39, 0.29) is 0 Å². The van der Waals surface area contributed by atoms with Gasteiger partial charge in [-0.1, -0.05) is 95.1 Å². The van der Waals surface area contributed by atoms with Crippen LogP contribution in [0.3, 0.4) is 0 Å². The van der Waals surface area contributed by atoms with Crippen molar-refractivity contribution in [1.29, 1.82) is 0 Å². The van der Waals surface area contributed by atoms with Gasteiger partial charge in [-0.15, -0.1) is 5.10 Å². The Morgan fingerprint density at radius 3 is 2.18 bits per heavy atom. The SMILES string of the molecule is Clc1ccc(Cn2cc(COc3ccc(-c4nc(-c5ccccc5)c(-c5ccccc5)[nH]4)cc3)nn2)cc1Cl. The van der Waals surface area contributed by atoms with E-state index in [0.29, 0.717) is 23.2 Å². The van der Waals surface area contributed by atoms with Gasteiger partial charge < -0.3 is 9.72 Å². The van der Waals surface area contributed by atoms with Crippen molar-refractivity contribution in [3.05, 3.63) is 131 Å². The Bertz CT molecular complexity index is 1640. The Kier molecular flexibility index (Phi) is 7.13. The molecule has 0 bridgehead atoms. The minimum atomic E-state index is 0.303. The summed E-state index contributed by atoms with van der Waals surface area (Å²) < 4.78 is 7.71. The minimum absolute atomic E-state index is 0.303. The van der Waals surface area contributed by atoms with Gasteiger partial charge in [-0.05, 0) is 42.0 Å². The summed E-state index contributed by atoms with van der Waals surface area (Å²) in [7, 11) is 0. The fourth-order valence-electron chi connectivity index (χ4n) is 4.30. The molecule has 6 nitrogen and oxygen atoms in total. The molecule has 4 aromatic carbocycles. The highest BCUT2D eigenvalue weighted by Crippen LogP contribution is 2.33. The van der Waals surface area contributed by atoms with Crippen LogP contribution in [0.25, 0.3) is 33.9 Å². The second kappa shape index (κ2) is 11.2. The van der Waals surface area contributed by atoms with Crippen LogP contribution in [-0.2, 0) is 13.2 Å². The Labute approximate surface area is 235 Å². The molecule has 0 aliphatic rings. The Morgan fingerprint density at radius 2 is 1.46 bits per heavy atom. The summed E-state index contributed by atoms with van der Waals surface area (Å²) in [6.45, 7) is 0.843. The third-order valence-corrected chi connectivity index (χ3v) is 6.98. The zero-order chi connectivity index (χ0) is 26.6. The van der Waals surface area contributed by atoms with E-state index in [0.717, 1.165) is 50.9 Å². The molecule has 0 atom stereocenters. The van der Waals surface area contributed by atoms with Crippen LogP contribution in [0.15, 0.2) is 109 Å². The first-order valence-electron chi connectivity index (χ1n) is 12.4. The first-order valence-corrected chi connectivity index (χ1v) is 13.1. The van der Waals surface area contributed by atoms with Crippen molar-refractivity contribution >= 4 is 23.2 Å². The van der Waals surface area contributed by atoms with E-state index in [9.17, 15) is 0 Å². The van der Waals surface area contributed by atoms with Crippen LogP contribution in [0.2, 0.25) is 10.0 Å². The molecule has 8 heteroatoms. The van der Waals surface area contributed by atoms with Crippen LogP contribution < -0.4 is 4.74 Å². The molecular weight excluding hydrogens is 529 g/mol. The summed E-state index contributed by atoms with van der Waals surface area (Å²) in [5, 5.41) is 9.45. The second-order valence-electron chi connectivity index (χ2n) is 9.01. The van der Waals surface area contributed by atoms with E-state index >= 15 is 0 Å². The lowest BCUT2D eigenvalue weighted by molar-refractivity contribution is 0.301. The maximum absolute atomic E-state index is 6.11. The van der Waals surface area contributed by atoms with Crippen LogP contribution in [0, 0.1) is 0 Å². The molecule has 0 saturated carbocycles. The van der Waals surface area contributed by atoms with E-state index < -0.39 is 0 Å². The monoisotopic (exact) mass is 551 g/mol. The van der Waals surface area contributed by atoms with Crippen molar-refractivity contribution in [2.75, 3.05) is 0 Å².